The summed E-state index contributed by atoms with van der Waals surface area (Å²) >= 11 is 3.36. The van der Waals surface area contributed by atoms with Crippen molar-refractivity contribution in [2.75, 3.05) is 5.32 Å². The molecule has 2 rings (SSSR count). The smallest absolute Gasteiger partial charge is 0.273 e. The molecule has 1 atom stereocenters. The molecule has 1 aromatic heterocycles. The van der Waals surface area contributed by atoms with Crippen molar-refractivity contribution in [1.82, 2.24) is 4.98 Å². The van der Waals surface area contributed by atoms with Crippen LogP contribution in [-0.2, 0) is 0 Å². The van der Waals surface area contributed by atoms with Crippen LogP contribution in [0.2, 0.25) is 0 Å². The van der Waals surface area contributed by atoms with E-state index in [1.54, 1.807) is 19.2 Å². The van der Waals surface area contributed by atoms with Gasteiger partial charge in [0.25, 0.3) is 5.69 Å². The van der Waals surface area contributed by atoms with Crippen LogP contribution < -0.4 is 5.32 Å². The number of rotatable bonds is 4. The van der Waals surface area contributed by atoms with Crippen molar-refractivity contribution in [3.63, 3.8) is 0 Å². The molecule has 5 nitrogen and oxygen atoms in total. The van der Waals surface area contributed by atoms with Crippen LogP contribution in [-0.4, -0.2) is 9.91 Å². The van der Waals surface area contributed by atoms with Gasteiger partial charge in [0, 0.05) is 28.0 Å². The summed E-state index contributed by atoms with van der Waals surface area (Å²) in [5.41, 5.74) is 2.45. The first-order valence-corrected chi connectivity index (χ1v) is 6.90. The molecule has 0 bridgehead atoms. The van der Waals surface area contributed by atoms with Gasteiger partial charge < -0.3 is 5.32 Å². The molecule has 0 aliphatic carbocycles. The molecule has 0 saturated heterocycles. The quantitative estimate of drug-likeness (QED) is 0.670. The number of nitro benzene ring substituents is 1. The summed E-state index contributed by atoms with van der Waals surface area (Å²) in [6.45, 7) is 3.71. The van der Waals surface area contributed by atoms with E-state index in [1.165, 1.54) is 6.07 Å². The zero-order valence-electron chi connectivity index (χ0n) is 11.1. The van der Waals surface area contributed by atoms with Gasteiger partial charge in [-0.2, -0.15) is 0 Å². The van der Waals surface area contributed by atoms with Gasteiger partial charge in [-0.1, -0.05) is 6.07 Å². The predicted octanol–water partition coefficient (Wildman–Crippen LogP) is 4.23. The molecule has 1 N–H and O–H groups in total. The molecular weight excluding hydrogens is 322 g/mol. The zero-order valence-corrected chi connectivity index (χ0v) is 12.7. The Morgan fingerprint density at radius 1 is 1.40 bits per heavy atom. The maximum Gasteiger partial charge on any atom is 0.273 e. The number of aromatic nitrogens is 1. The van der Waals surface area contributed by atoms with Crippen LogP contribution in [0, 0.1) is 17.0 Å². The standard InChI is InChI=1S/C14H14BrN3O2/c1-9-7-13(11(15)8-14(9)18(19)20)17-10(2)12-5-3-4-6-16-12/h3-8,10,17H,1-2H3. The summed E-state index contributed by atoms with van der Waals surface area (Å²) in [7, 11) is 0. The second kappa shape index (κ2) is 6.00. The van der Waals surface area contributed by atoms with Gasteiger partial charge in [0.05, 0.1) is 16.7 Å². The average molecular weight is 336 g/mol. The van der Waals surface area contributed by atoms with Crippen LogP contribution >= 0.6 is 15.9 Å². The van der Waals surface area contributed by atoms with Gasteiger partial charge in [-0.05, 0) is 48.0 Å². The van der Waals surface area contributed by atoms with E-state index in [9.17, 15) is 10.1 Å². The maximum absolute atomic E-state index is 10.9. The van der Waals surface area contributed by atoms with E-state index in [1.807, 2.05) is 25.1 Å². The molecule has 104 valence electrons. The van der Waals surface area contributed by atoms with Crippen molar-refractivity contribution < 1.29 is 4.92 Å². The van der Waals surface area contributed by atoms with Gasteiger partial charge in [0.15, 0.2) is 0 Å². The predicted molar refractivity (Wildman–Crippen MR) is 81.8 cm³/mol. The van der Waals surface area contributed by atoms with Crippen molar-refractivity contribution in [2.24, 2.45) is 0 Å². The second-order valence-electron chi connectivity index (χ2n) is 4.50. The van der Waals surface area contributed by atoms with Gasteiger partial charge in [-0.15, -0.1) is 0 Å². The molecule has 1 aromatic carbocycles. The molecule has 1 unspecified atom stereocenters. The molecule has 0 spiro atoms. The van der Waals surface area contributed by atoms with Crippen LogP contribution in [0.4, 0.5) is 11.4 Å². The first kappa shape index (κ1) is 14.5. The normalized spacial score (nSPS) is 11.9. The molecular formula is C14H14BrN3O2. The third-order valence-electron chi connectivity index (χ3n) is 2.99. The summed E-state index contributed by atoms with van der Waals surface area (Å²) < 4.78 is 0.664. The van der Waals surface area contributed by atoms with E-state index in [4.69, 9.17) is 0 Å². The Labute approximate surface area is 125 Å². The maximum atomic E-state index is 10.9. The fourth-order valence-electron chi connectivity index (χ4n) is 1.92. The lowest BCUT2D eigenvalue weighted by atomic mass is 10.1. The van der Waals surface area contributed by atoms with Crippen LogP contribution in [0.5, 0.6) is 0 Å². The van der Waals surface area contributed by atoms with E-state index >= 15 is 0 Å². The van der Waals surface area contributed by atoms with E-state index in [0.717, 1.165) is 11.4 Å². The number of nitro groups is 1. The summed E-state index contributed by atoms with van der Waals surface area (Å²) in [6.07, 6.45) is 1.74. The lowest BCUT2D eigenvalue weighted by Crippen LogP contribution is -2.09. The van der Waals surface area contributed by atoms with Gasteiger partial charge in [-0.25, -0.2) is 0 Å². The van der Waals surface area contributed by atoms with Crippen LogP contribution in [0.15, 0.2) is 41.0 Å². The van der Waals surface area contributed by atoms with Crippen LogP contribution in [0.1, 0.15) is 24.2 Å². The zero-order chi connectivity index (χ0) is 14.7. The Hall–Kier alpha value is -1.95. The first-order valence-electron chi connectivity index (χ1n) is 6.11. The average Bonchev–Trinajstić information content (AvgIpc) is 2.43. The Morgan fingerprint density at radius 2 is 2.15 bits per heavy atom. The number of halogens is 1. The van der Waals surface area contributed by atoms with Crippen molar-refractivity contribution in [3.8, 4) is 0 Å². The summed E-state index contributed by atoms with van der Waals surface area (Å²) in [5.74, 6) is 0. The molecule has 0 saturated carbocycles. The fourth-order valence-corrected chi connectivity index (χ4v) is 2.36. The lowest BCUT2D eigenvalue weighted by molar-refractivity contribution is -0.385. The molecule has 2 aromatic rings. The number of hydrogen-bond donors (Lipinski definition) is 1. The number of nitrogens with one attached hydrogen (secondary N) is 1. The summed E-state index contributed by atoms with van der Waals surface area (Å²) in [4.78, 5) is 14.8. The van der Waals surface area contributed by atoms with Crippen LogP contribution in [0.25, 0.3) is 0 Å². The number of pyridine rings is 1. The van der Waals surface area contributed by atoms with E-state index < -0.39 is 0 Å². The second-order valence-corrected chi connectivity index (χ2v) is 5.35. The van der Waals surface area contributed by atoms with E-state index in [0.29, 0.717) is 10.0 Å². The number of benzene rings is 1. The highest BCUT2D eigenvalue weighted by molar-refractivity contribution is 9.10. The lowest BCUT2D eigenvalue weighted by Gasteiger charge is -2.16. The molecule has 1 heterocycles. The van der Waals surface area contributed by atoms with Crippen molar-refractivity contribution in [1.29, 1.82) is 0 Å². The SMILES string of the molecule is Cc1cc(NC(C)c2ccccn2)c(Br)cc1[N+](=O)[O-]. The Morgan fingerprint density at radius 3 is 2.75 bits per heavy atom. The van der Waals surface area contributed by atoms with Crippen molar-refractivity contribution in [2.45, 2.75) is 19.9 Å². The van der Waals surface area contributed by atoms with Crippen LogP contribution in [0.3, 0.4) is 0 Å². The first-order chi connectivity index (χ1) is 9.49. The third kappa shape index (κ3) is 3.14. The minimum absolute atomic E-state index is 0.00774. The fraction of sp³-hybridized carbons (Fsp3) is 0.214. The molecule has 20 heavy (non-hydrogen) atoms. The Kier molecular flexibility index (Phi) is 4.34. The van der Waals surface area contributed by atoms with Gasteiger partial charge in [0.2, 0.25) is 0 Å². The molecule has 0 radical (unpaired) electrons. The number of anilines is 1. The van der Waals surface area contributed by atoms with Gasteiger partial charge >= 0.3 is 0 Å². The number of nitrogens with zero attached hydrogens (tertiary/aromatic N) is 2. The van der Waals surface area contributed by atoms with E-state index in [2.05, 4.69) is 26.2 Å². The van der Waals surface area contributed by atoms with Gasteiger partial charge in [-0.3, -0.25) is 15.1 Å². The Balaban J connectivity index is 2.26. The number of hydrogen-bond acceptors (Lipinski definition) is 4. The van der Waals surface area contributed by atoms with Crippen molar-refractivity contribution in [3.05, 3.63) is 62.4 Å². The number of aryl methyl sites for hydroxylation is 1. The van der Waals surface area contributed by atoms with E-state index in [-0.39, 0.29) is 16.7 Å². The van der Waals surface area contributed by atoms with Gasteiger partial charge in [0.1, 0.15) is 0 Å². The monoisotopic (exact) mass is 335 g/mol. The summed E-state index contributed by atoms with van der Waals surface area (Å²) in [6, 6.07) is 9.01. The third-order valence-corrected chi connectivity index (χ3v) is 3.64. The minimum Gasteiger partial charge on any atom is -0.376 e. The van der Waals surface area contributed by atoms with Crippen molar-refractivity contribution >= 4 is 27.3 Å². The molecule has 0 aliphatic rings. The molecule has 0 fully saturated rings. The highest BCUT2D eigenvalue weighted by atomic mass is 79.9. The Bertz CT molecular complexity index is 632. The minimum atomic E-state index is -0.383. The summed E-state index contributed by atoms with van der Waals surface area (Å²) in [5, 5.41) is 14.2. The largest absolute Gasteiger partial charge is 0.376 e. The topological polar surface area (TPSA) is 68.1 Å². The molecule has 0 aliphatic heterocycles. The highest BCUT2D eigenvalue weighted by Gasteiger charge is 2.15. The molecule has 6 heteroatoms. The molecule has 0 amide bonds. The highest BCUT2D eigenvalue weighted by Crippen LogP contribution is 2.32.